The number of carbonyl (C=O) groups excluding carboxylic acids is 1. The molecule has 0 aliphatic carbocycles. The van der Waals surface area contributed by atoms with Crippen molar-refractivity contribution < 1.29 is 4.79 Å². The molecule has 0 heterocycles. The van der Waals surface area contributed by atoms with Gasteiger partial charge in [0.2, 0.25) is 5.91 Å². The first kappa shape index (κ1) is 8.39. The number of amides is 1. The third kappa shape index (κ3) is 3.93. The average Bonchev–Trinajstić information content (AvgIpc) is 1.87. The van der Waals surface area contributed by atoms with Crippen LogP contribution in [0.4, 0.5) is 0 Å². The van der Waals surface area contributed by atoms with E-state index < -0.39 is 0 Å². The number of nitrogens with one attached hydrogen (secondary N) is 1. The van der Waals surface area contributed by atoms with E-state index in [-0.39, 0.29) is 11.9 Å². The van der Waals surface area contributed by atoms with Crippen molar-refractivity contribution in [3.63, 3.8) is 0 Å². The maximum atomic E-state index is 10.5. The minimum atomic E-state index is -0.204. The normalized spacial score (nSPS) is 12.8. The van der Waals surface area contributed by atoms with Crippen LogP contribution in [0.15, 0.2) is 0 Å². The predicted octanol–water partition coefficient (Wildman–Crippen LogP) is -1.59. The monoisotopic (exact) mass is 131 g/mol. The lowest BCUT2D eigenvalue weighted by Gasteiger charge is -2.05. The molecule has 54 valence electrons. The van der Waals surface area contributed by atoms with E-state index in [4.69, 9.17) is 11.5 Å². The molecule has 4 heteroatoms. The molecule has 0 aliphatic rings. The molecule has 0 bridgehead atoms. The van der Waals surface area contributed by atoms with Crippen molar-refractivity contribution in [2.24, 2.45) is 11.5 Å². The molecule has 0 saturated carbocycles. The Balaban J connectivity index is 3.34. The molecule has 0 spiro atoms. The maximum absolute atomic E-state index is 10.5. The minimum Gasteiger partial charge on any atom is -0.359 e. The minimum absolute atomic E-state index is 0.0621. The van der Waals surface area contributed by atoms with E-state index >= 15 is 0 Å². The lowest BCUT2D eigenvalue weighted by atomic mass is 10.2. The van der Waals surface area contributed by atoms with Gasteiger partial charge in [-0.2, -0.15) is 0 Å². The van der Waals surface area contributed by atoms with Gasteiger partial charge in [0.25, 0.3) is 0 Å². The molecule has 0 saturated heterocycles. The molecule has 0 aromatic carbocycles. The Morgan fingerprint density at radius 2 is 2.33 bits per heavy atom. The molecule has 0 rings (SSSR count). The second-order valence-corrected chi connectivity index (χ2v) is 1.87. The van der Waals surface area contributed by atoms with Gasteiger partial charge in [-0.1, -0.05) is 0 Å². The summed E-state index contributed by atoms with van der Waals surface area (Å²) in [6.45, 7) is 0.355. The van der Waals surface area contributed by atoms with Gasteiger partial charge in [-0.15, -0.1) is 0 Å². The SMILES string of the molecule is CNC(=O)CC(N)CN. The number of nitrogens with two attached hydrogens (primary N) is 2. The topological polar surface area (TPSA) is 81.1 Å². The van der Waals surface area contributed by atoms with Gasteiger partial charge < -0.3 is 16.8 Å². The van der Waals surface area contributed by atoms with Crippen molar-refractivity contribution in [1.82, 2.24) is 5.32 Å². The Kier molecular flexibility index (Phi) is 4.00. The zero-order valence-corrected chi connectivity index (χ0v) is 5.55. The summed E-state index contributed by atoms with van der Waals surface area (Å²) in [4.78, 5) is 10.5. The first-order valence-electron chi connectivity index (χ1n) is 2.87. The summed E-state index contributed by atoms with van der Waals surface area (Å²) >= 11 is 0. The Morgan fingerprint density at radius 1 is 1.78 bits per heavy atom. The molecule has 9 heavy (non-hydrogen) atoms. The quantitative estimate of drug-likeness (QED) is 0.432. The summed E-state index contributed by atoms with van der Waals surface area (Å²) in [6.07, 6.45) is 0.312. The van der Waals surface area contributed by atoms with Crippen molar-refractivity contribution in [2.75, 3.05) is 13.6 Å². The summed E-state index contributed by atoms with van der Waals surface area (Å²) in [5.41, 5.74) is 10.5. The van der Waals surface area contributed by atoms with E-state index in [1.54, 1.807) is 7.05 Å². The van der Waals surface area contributed by atoms with Crippen LogP contribution < -0.4 is 16.8 Å². The highest BCUT2D eigenvalue weighted by Gasteiger charge is 2.03. The maximum Gasteiger partial charge on any atom is 0.221 e. The van der Waals surface area contributed by atoms with Gasteiger partial charge in [-0.25, -0.2) is 0 Å². The van der Waals surface area contributed by atoms with Crippen LogP contribution in [0.25, 0.3) is 0 Å². The number of rotatable bonds is 3. The van der Waals surface area contributed by atoms with E-state index in [2.05, 4.69) is 5.32 Å². The third-order valence-corrected chi connectivity index (χ3v) is 1.03. The average molecular weight is 131 g/mol. The van der Waals surface area contributed by atoms with E-state index in [0.29, 0.717) is 13.0 Å². The Labute approximate surface area is 54.6 Å². The zero-order valence-electron chi connectivity index (χ0n) is 5.55. The van der Waals surface area contributed by atoms with Crippen molar-refractivity contribution in [1.29, 1.82) is 0 Å². The fraction of sp³-hybridized carbons (Fsp3) is 0.800. The Hall–Kier alpha value is -0.610. The zero-order chi connectivity index (χ0) is 7.28. The van der Waals surface area contributed by atoms with Gasteiger partial charge in [0.1, 0.15) is 0 Å². The molecule has 0 aromatic heterocycles. The van der Waals surface area contributed by atoms with E-state index in [1.165, 1.54) is 0 Å². The van der Waals surface area contributed by atoms with Crippen LogP contribution in [-0.2, 0) is 4.79 Å². The van der Waals surface area contributed by atoms with Crippen molar-refractivity contribution in [2.45, 2.75) is 12.5 Å². The van der Waals surface area contributed by atoms with Crippen LogP contribution >= 0.6 is 0 Å². The van der Waals surface area contributed by atoms with Gasteiger partial charge in [-0.05, 0) is 0 Å². The molecule has 0 radical (unpaired) electrons. The van der Waals surface area contributed by atoms with Gasteiger partial charge >= 0.3 is 0 Å². The van der Waals surface area contributed by atoms with E-state index in [9.17, 15) is 4.79 Å². The number of hydrogen-bond acceptors (Lipinski definition) is 3. The second kappa shape index (κ2) is 4.29. The first-order chi connectivity index (χ1) is 4.20. The largest absolute Gasteiger partial charge is 0.359 e. The smallest absolute Gasteiger partial charge is 0.221 e. The summed E-state index contributed by atoms with van der Waals surface area (Å²) in [5.74, 6) is -0.0621. The summed E-state index contributed by atoms with van der Waals surface area (Å²) < 4.78 is 0. The Bertz CT molecular complexity index is 94.2. The number of carbonyl (C=O) groups is 1. The van der Waals surface area contributed by atoms with Crippen molar-refractivity contribution in [3.05, 3.63) is 0 Å². The fourth-order valence-electron chi connectivity index (χ4n) is 0.424. The van der Waals surface area contributed by atoms with Crippen LogP contribution in [0, 0.1) is 0 Å². The number of hydrogen-bond donors (Lipinski definition) is 3. The standard InChI is InChI=1S/C5H13N3O/c1-8-5(9)2-4(7)3-6/h4H,2-3,6-7H2,1H3,(H,8,9). The second-order valence-electron chi connectivity index (χ2n) is 1.87. The van der Waals surface area contributed by atoms with E-state index in [0.717, 1.165) is 0 Å². The summed E-state index contributed by atoms with van der Waals surface area (Å²) in [7, 11) is 1.57. The molecule has 5 N–H and O–H groups in total. The van der Waals surface area contributed by atoms with E-state index in [1.807, 2.05) is 0 Å². The molecule has 1 unspecified atom stereocenters. The highest BCUT2D eigenvalue weighted by Crippen LogP contribution is 1.82. The molecule has 0 aromatic rings. The first-order valence-corrected chi connectivity index (χ1v) is 2.87. The lowest BCUT2D eigenvalue weighted by molar-refractivity contribution is -0.120. The van der Waals surface area contributed by atoms with Crippen LogP contribution in [0.3, 0.4) is 0 Å². The highest BCUT2D eigenvalue weighted by molar-refractivity contribution is 5.76. The van der Waals surface area contributed by atoms with Gasteiger partial charge in [-0.3, -0.25) is 4.79 Å². The lowest BCUT2D eigenvalue weighted by Crippen LogP contribution is -2.35. The third-order valence-electron chi connectivity index (χ3n) is 1.03. The van der Waals surface area contributed by atoms with Gasteiger partial charge in [0, 0.05) is 26.1 Å². The molecule has 4 nitrogen and oxygen atoms in total. The summed E-state index contributed by atoms with van der Waals surface area (Å²) in [6, 6.07) is -0.204. The molecular formula is C5H13N3O. The van der Waals surface area contributed by atoms with Crippen LogP contribution in [0.5, 0.6) is 0 Å². The van der Waals surface area contributed by atoms with Crippen LogP contribution in [0.2, 0.25) is 0 Å². The molecule has 1 atom stereocenters. The molecule has 1 amide bonds. The van der Waals surface area contributed by atoms with Gasteiger partial charge in [0.05, 0.1) is 0 Å². The molecule has 0 aliphatic heterocycles. The summed E-state index contributed by atoms with van der Waals surface area (Å²) in [5, 5.41) is 2.46. The fourth-order valence-corrected chi connectivity index (χ4v) is 0.424. The van der Waals surface area contributed by atoms with Crippen molar-refractivity contribution >= 4 is 5.91 Å². The van der Waals surface area contributed by atoms with Crippen LogP contribution in [0.1, 0.15) is 6.42 Å². The van der Waals surface area contributed by atoms with Crippen LogP contribution in [-0.4, -0.2) is 25.5 Å². The Morgan fingerprint density at radius 3 is 2.67 bits per heavy atom. The van der Waals surface area contributed by atoms with Gasteiger partial charge in [0.15, 0.2) is 0 Å². The highest BCUT2D eigenvalue weighted by atomic mass is 16.1. The molecule has 0 fully saturated rings. The predicted molar refractivity (Wildman–Crippen MR) is 35.7 cm³/mol. The molecular weight excluding hydrogens is 118 g/mol. The van der Waals surface area contributed by atoms with Crippen molar-refractivity contribution in [3.8, 4) is 0 Å².